The average molecular weight is 374 g/mol. The highest BCUT2D eigenvalue weighted by atomic mass is 127. The second kappa shape index (κ2) is 6.41. The molecular formula is C14H13ClINO. The summed E-state index contributed by atoms with van der Waals surface area (Å²) in [6, 6.07) is 13.8. The Morgan fingerprint density at radius 3 is 2.33 bits per heavy atom. The van der Waals surface area contributed by atoms with Crippen molar-refractivity contribution >= 4 is 34.2 Å². The van der Waals surface area contributed by atoms with E-state index in [4.69, 9.17) is 22.1 Å². The maximum atomic E-state index is 6.12. The zero-order chi connectivity index (χ0) is 13.0. The largest absolute Gasteiger partial charge is 0.487 e. The van der Waals surface area contributed by atoms with Crippen LogP contribution >= 0.6 is 34.2 Å². The van der Waals surface area contributed by atoms with Crippen molar-refractivity contribution in [2.75, 3.05) is 0 Å². The van der Waals surface area contributed by atoms with Gasteiger partial charge in [-0.2, -0.15) is 0 Å². The number of halogens is 2. The maximum Gasteiger partial charge on any atom is 0.138 e. The number of benzene rings is 2. The molecule has 0 aliphatic carbocycles. The Bertz CT molecular complexity index is 528. The van der Waals surface area contributed by atoms with Gasteiger partial charge in [-0.25, -0.2) is 0 Å². The van der Waals surface area contributed by atoms with Gasteiger partial charge in [0.1, 0.15) is 12.4 Å². The normalized spacial score (nSPS) is 10.4. The molecule has 0 unspecified atom stereocenters. The first-order valence-electron chi connectivity index (χ1n) is 5.55. The molecule has 0 aromatic heterocycles. The van der Waals surface area contributed by atoms with Crippen LogP contribution in [0.3, 0.4) is 0 Å². The summed E-state index contributed by atoms with van der Waals surface area (Å²) >= 11 is 8.39. The molecule has 2 aromatic rings. The van der Waals surface area contributed by atoms with Crippen molar-refractivity contribution in [2.24, 2.45) is 5.73 Å². The van der Waals surface area contributed by atoms with Gasteiger partial charge in [0, 0.05) is 10.1 Å². The van der Waals surface area contributed by atoms with Gasteiger partial charge in [0.15, 0.2) is 0 Å². The number of hydrogen-bond acceptors (Lipinski definition) is 2. The summed E-state index contributed by atoms with van der Waals surface area (Å²) in [4.78, 5) is 0. The quantitative estimate of drug-likeness (QED) is 0.823. The van der Waals surface area contributed by atoms with Gasteiger partial charge in [0.05, 0.1) is 5.02 Å². The minimum atomic E-state index is 0.483. The zero-order valence-electron chi connectivity index (χ0n) is 9.70. The highest BCUT2D eigenvalue weighted by Gasteiger charge is 2.03. The van der Waals surface area contributed by atoms with Crippen molar-refractivity contribution < 1.29 is 4.74 Å². The van der Waals surface area contributed by atoms with Crippen molar-refractivity contribution in [2.45, 2.75) is 13.2 Å². The van der Waals surface area contributed by atoms with Crippen molar-refractivity contribution in [3.05, 3.63) is 62.2 Å². The minimum Gasteiger partial charge on any atom is -0.487 e. The predicted octanol–water partition coefficient (Wildman–Crippen LogP) is 3.98. The van der Waals surface area contributed by atoms with E-state index in [2.05, 4.69) is 34.7 Å². The lowest BCUT2D eigenvalue weighted by molar-refractivity contribution is 0.306. The van der Waals surface area contributed by atoms with E-state index in [1.54, 1.807) is 0 Å². The van der Waals surface area contributed by atoms with E-state index < -0.39 is 0 Å². The van der Waals surface area contributed by atoms with Crippen LogP contribution in [0.5, 0.6) is 5.75 Å². The van der Waals surface area contributed by atoms with Gasteiger partial charge >= 0.3 is 0 Å². The summed E-state index contributed by atoms with van der Waals surface area (Å²) in [5.74, 6) is 0.687. The molecule has 2 N–H and O–H groups in total. The van der Waals surface area contributed by atoms with E-state index in [0.717, 1.165) is 11.1 Å². The molecule has 94 valence electrons. The fraction of sp³-hybridized carbons (Fsp3) is 0.143. The molecule has 0 atom stereocenters. The molecule has 2 nitrogen and oxygen atoms in total. The molecule has 0 fully saturated rings. The van der Waals surface area contributed by atoms with Crippen LogP contribution in [0.2, 0.25) is 5.02 Å². The Hall–Kier alpha value is -0.780. The highest BCUT2D eigenvalue weighted by molar-refractivity contribution is 14.1. The van der Waals surface area contributed by atoms with Crippen LogP contribution in [0.1, 0.15) is 11.1 Å². The maximum absolute atomic E-state index is 6.12. The lowest BCUT2D eigenvalue weighted by atomic mass is 10.2. The minimum absolute atomic E-state index is 0.483. The van der Waals surface area contributed by atoms with Crippen molar-refractivity contribution in [3.8, 4) is 5.75 Å². The summed E-state index contributed by atoms with van der Waals surface area (Å²) < 4.78 is 6.90. The molecule has 0 aliphatic rings. The van der Waals surface area contributed by atoms with E-state index in [1.165, 1.54) is 3.57 Å². The van der Waals surface area contributed by atoms with Crippen LogP contribution in [0, 0.1) is 3.57 Å². The molecule has 0 spiro atoms. The Morgan fingerprint density at radius 2 is 1.72 bits per heavy atom. The summed E-state index contributed by atoms with van der Waals surface area (Å²) in [7, 11) is 0. The fourth-order valence-electron chi connectivity index (χ4n) is 1.53. The van der Waals surface area contributed by atoms with Crippen LogP contribution in [0.25, 0.3) is 0 Å². The molecule has 0 heterocycles. The van der Waals surface area contributed by atoms with Gasteiger partial charge in [0.25, 0.3) is 0 Å². The Balaban J connectivity index is 2.04. The van der Waals surface area contributed by atoms with Crippen LogP contribution in [0.15, 0.2) is 42.5 Å². The molecule has 0 saturated heterocycles. The third-order valence-electron chi connectivity index (χ3n) is 2.54. The summed E-state index contributed by atoms with van der Waals surface area (Å²) in [6.07, 6.45) is 0. The third-order valence-corrected chi connectivity index (χ3v) is 3.55. The molecule has 2 rings (SSSR count). The van der Waals surface area contributed by atoms with Gasteiger partial charge in [0.2, 0.25) is 0 Å². The molecule has 0 bridgehead atoms. The van der Waals surface area contributed by atoms with Gasteiger partial charge < -0.3 is 10.5 Å². The fourth-order valence-corrected chi connectivity index (χ4v) is 2.15. The average Bonchev–Trinajstić information content (AvgIpc) is 2.39. The van der Waals surface area contributed by atoms with Crippen LogP contribution < -0.4 is 10.5 Å². The third kappa shape index (κ3) is 3.60. The summed E-state index contributed by atoms with van der Waals surface area (Å²) in [5.41, 5.74) is 7.67. The SMILES string of the molecule is NCc1ccc(OCc2ccc(I)cc2)c(Cl)c1. The number of ether oxygens (including phenoxy) is 1. The Kier molecular flexibility index (Phi) is 4.86. The van der Waals surface area contributed by atoms with E-state index in [1.807, 2.05) is 30.3 Å². The molecule has 0 saturated carbocycles. The number of rotatable bonds is 4. The second-order valence-corrected chi connectivity index (χ2v) is 5.54. The molecule has 0 amide bonds. The van der Waals surface area contributed by atoms with Crippen LogP contribution in [-0.2, 0) is 13.2 Å². The predicted molar refractivity (Wildman–Crippen MR) is 82.8 cm³/mol. The smallest absolute Gasteiger partial charge is 0.138 e. The Morgan fingerprint density at radius 1 is 1.06 bits per heavy atom. The monoisotopic (exact) mass is 373 g/mol. The van der Waals surface area contributed by atoms with Crippen molar-refractivity contribution in [1.82, 2.24) is 0 Å². The van der Waals surface area contributed by atoms with Crippen LogP contribution in [0.4, 0.5) is 0 Å². The number of nitrogens with two attached hydrogens (primary N) is 1. The second-order valence-electron chi connectivity index (χ2n) is 3.88. The van der Waals surface area contributed by atoms with Gasteiger partial charge in [-0.3, -0.25) is 0 Å². The Labute approximate surface area is 125 Å². The highest BCUT2D eigenvalue weighted by Crippen LogP contribution is 2.26. The number of hydrogen-bond donors (Lipinski definition) is 1. The van der Waals surface area contributed by atoms with E-state index in [9.17, 15) is 0 Å². The van der Waals surface area contributed by atoms with E-state index in [-0.39, 0.29) is 0 Å². The van der Waals surface area contributed by atoms with Crippen LogP contribution in [-0.4, -0.2) is 0 Å². The molecule has 2 aromatic carbocycles. The topological polar surface area (TPSA) is 35.2 Å². The van der Waals surface area contributed by atoms with Crippen molar-refractivity contribution in [1.29, 1.82) is 0 Å². The van der Waals surface area contributed by atoms with Gasteiger partial charge in [-0.15, -0.1) is 0 Å². The lowest BCUT2D eigenvalue weighted by Crippen LogP contribution is -1.99. The molecule has 4 heteroatoms. The molecule has 0 aliphatic heterocycles. The first kappa shape index (κ1) is 13.6. The first-order chi connectivity index (χ1) is 8.69. The van der Waals surface area contributed by atoms with E-state index >= 15 is 0 Å². The van der Waals surface area contributed by atoms with E-state index in [0.29, 0.717) is 23.9 Å². The lowest BCUT2D eigenvalue weighted by Gasteiger charge is -2.09. The molecular weight excluding hydrogens is 361 g/mol. The molecule has 0 radical (unpaired) electrons. The van der Waals surface area contributed by atoms with Crippen molar-refractivity contribution in [3.63, 3.8) is 0 Å². The zero-order valence-corrected chi connectivity index (χ0v) is 12.6. The standard InChI is InChI=1S/C14H13ClINO/c15-13-7-11(8-17)3-6-14(13)18-9-10-1-4-12(16)5-2-10/h1-7H,8-9,17H2. The first-order valence-corrected chi connectivity index (χ1v) is 7.00. The summed E-state index contributed by atoms with van der Waals surface area (Å²) in [5, 5.41) is 0.600. The van der Waals surface area contributed by atoms with Gasteiger partial charge in [-0.05, 0) is 58.0 Å². The molecule has 18 heavy (non-hydrogen) atoms. The van der Waals surface area contributed by atoms with Gasteiger partial charge in [-0.1, -0.05) is 29.8 Å². The summed E-state index contributed by atoms with van der Waals surface area (Å²) in [6.45, 7) is 0.996.